The highest BCUT2D eigenvalue weighted by Crippen LogP contribution is 2.33. The van der Waals surface area contributed by atoms with Crippen molar-refractivity contribution in [1.29, 1.82) is 0 Å². The molecule has 0 saturated carbocycles. The summed E-state index contributed by atoms with van der Waals surface area (Å²) in [5.74, 6) is 0.0940. The molecule has 6 nitrogen and oxygen atoms in total. The van der Waals surface area contributed by atoms with Gasteiger partial charge in [0, 0.05) is 40.1 Å². The van der Waals surface area contributed by atoms with Crippen LogP contribution in [0.1, 0.15) is 25.0 Å². The topological polar surface area (TPSA) is 71.0 Å². The fourth-order valence-electron chi connectivity index (χ4n) is 3.68. The average molecular weight is 532 g/mol. The van der Waals surface area contributed by atoms with Crippen molar-refractivity contribution in [1.82, 2.24) is 4.90 Å². The molecule has 0 amide bonds. The van der Waals surface area contributed by atoms with Crippen molar-refractivity contribution < 1.29 is 9.53 Å². The predicted molar refractivity (Wildman–Crippen MR) is 146 cm³/mol. The number of anilines is 2. The molecule has 0 fully saturated rings. The lowest BCUT2D eigenvalue weighted by molar-refractivity contribution is -0.133. The number of carbonyl (C=O) groups excluding carboxylic acids is 1. The summed E-state index contributed by atoms with van der Waals surface area (Å²) in [6.07, 6.45) is 0.0766. The number of carbonyl (C=O) groups is 1. The molecule has 0 unspecified atom stereocenters. The Morgan fingerprint density at radius 2 is 1.69 bits per heavy atom. The largest absolute Gasteiger partial charge is 0.426 e. The number of ether oxygens (including phenoxy) is 1. The lowest BCUT2D eigenvalue weighted by atomic mass is 10.1. The quantitative estimate of drug-likeness (QED) is 0.119. The van der Waals surface area contributed by atoms with E-state index >= 15 is 0 Å². The van der Waals surface area contributed by atoms with Gasteiger partial charge in [-0.1, -0.05) is 59.6 Å². The Hall–Kier alpha value is -2.58. The molecule has 0 aliphatic heterocycles. The Labute approximate surface area is 220 Å². The SMILES string of the molecule is CN(Cc1ccc(OC(=O)Cc2ccccc2Nc2c(Cl)cccc2Cl)cc1)CC(C)(C)SN=O. The minimum absolute atomic E-state index is 0.0766. The highest BCUT2D eigenvalue weighted by molar-refractivity contribution is 7.99. The Morgan fingerprint density at radius 1 is 1.03 bits per heavy atom. The van der Waals surface area contributed by atoms with E-state index in [1.807, 2.05) is 57.3 Å². The first kappa shape index (κ1) is 27.0. The van der Waals surface area contributed by atoms with Crippen molar-refractivity contribution >= 4 is 52.5 Å². The maximum Gasteiger partial charge on any atom is 0.315 e. The van der Waals surface area contributed by atoms with E-state index in [-0.39, 0.29) is 17.1 Å². The van der Waals surface area contributed by atoms with E-state index in [0.29, 0.717) is 34.6 Å². The number of nitroso groups, excluding NO2 is 1. The van der Waals surface area contributed by atoms with Gasteiger partial charge in [0.05, 0.1) is 22.2 Å². The molecule has 0 bridgehead atoms. The number of nitrogens with zero attached hydrogens (tertiary/aromatic N) is 2. The third kappa shape index (κ3) is 8.25. The van der Waals surface area contributed by atoms with E-state index < -0.39 is 0 Å². The average Bonchev–Trinajstić information content (AvgIpc) is 2.78. The summed E-state index contributed by atoms with van der Waals surface area (Å²) in [4.78, 5) is 25.3. The van der Waals surface area contributed by atoms with Crippen LogP contribution in [0.4, 0.5) is 11.4 Å². The first-order chi connectivity index (χ1) is 16.7. The molecular weight excluding hydrogens is 505 g/mol. The van der Waals surface area contributed by atoms with Crippen molar-refractivity contribution in [3.63, 3.8) is 0 Å². The van der Waals surface area contributed by atoms with Crippen molar-refractivity contribution in [2.45, 2.75) is 31.6 Å². The van der Waals surface area contributed by atoms with Gasteiger partial charge in [0.1, 0.15) is 5.75 Å². The van der Waals surface area contributed by atoms with E-state index in [1.54, 1.807) is 30.3 Å². The van der Waals surface area contributed by atoms with Crippen LogP contribution >= 0.6 is 35.1 Å². The van der Waals surface area contributed by atoms with Crippen LogP contribution in [0.15, 0.2) is 71.3 Å². The summed E-state index contributed by atoms with van der Waals surface area (Å²) in [5.41, 5.74) is 3.14. The summed E-state index contributed by atoms with van der Waals surface area (Å²) in [6.45, 7) is 5.36. The zero-order chi connectivity index (χ0) is 25.4. The zero-order valence-electron chi connectivity index (χ0n) is 19.8. The Kier molecular flexibility index (Phi) is 9.57. The van der Waals surface area contributed by atoms with Gasteiger partial charge in [-0.3, -0.25) is 4.79 Å². The number of hydrogen-bond acceptors (Lipinski definition) is 7. The maximum atomic E-state index is 12.7. The molecule has 1 N–H and O–H groups in total. The third-order valence-electron chi connectivity index (χ3n) is 5.12. The maximum absolute atomic E-state index is 12.7. The van der Waals surface area contributed by atoms with Crippen LogP contribution in [-0.4, -0.2) is 29.2 Å². The van der Waals surface area contributed by atoms with E-state index in [1.165, 1.54) is 0 Å². The number of hydrogen-bond donors (Lipinski definition) is 1. The van der Waals surface area contributed by atoms with Gasteiger partial charge >= 0.3 is 5.97 Å². The number of rotatable bonds is 11. The first-order valence-electron chi connectivity index (χ1n) is 10.9. The zero-order valence-corrected chi connectivity index (χ0v) is 22.1. The number of para-hydroxylation sites is 2. The molecule has 0 aliphatic rings. The molecule has 0 saturated heterocycles. The summed E-state index contributed by atoms with van der Waals surface area (Å²) < 4.78 is 8.24. The fourth-order valence-corrected chi connectivity index (χ4v) is 4.65. The molecule has 0 aromatic heterocycles. The van der Waals surface area contributed by atoms with E-state index in [2.05, 4.69) is 14.8 Å². The molecule has 9 heteroatoms. The highest BCUT2D eigenvalue weighted by Gasteiger charge is 2.22. The fraction of sp³-hybridized carbons (Fsp3) is 0.269. The van der Waals surface area contributed by atoms with Crippen LogP contribution in [-0.2, 0) is 17.8 Å². The Balaban J connectivity index is 1.60. The standard InChI is InChI=1S/C26H27Cl2N3O3S/c1-26(2,35-30-33)17-31(3)16-18-11-13-20(14-12-18)34-24(32)15-19-7-4-5-10-23(19)29-25-21(27)8-6-9-22(25)28/h4-14,29H,15-17H2,1-3H3. The van der Waals surface area contributed by atoms with Crippen LogP contribution < -0.4 is 10.1 Å². The molecule has 0 radical (unpaired) electrons. The van der Waals surface area contributed by atoms with Gasteiger partial charge in [0.15, 0.2) is 0 Å². The van der Waals surface area contributed by atoms with Crippen LogP contribution in [0.5, 0.6) is 5.75 Å². The predicted octanol–water partition coefficient (Wildman–Crippen LogP) is 7.51. The van der Waals surface area contributed by atoms with Crippen molar-refractivity contribution in [2.75, 3.05) is 18.9 Å². The second kappa shape index (κ2) is 12.4. The lowest BCUT2D eigenvalue weighted by Crippen LogP contribution is -2.33. The summed E-state index contributed by atoms with van der Waals surface area (Å²) in [5, 5.41) is 4.21. The molecule has 0 atom stereocenters. The number of benzene rings is 3. The molecule has 0 aliphatic carbocycles. The van der Waals surface area contributed by atoms with Gasteiger partial charge in [-0.15, -0.1) is 4.91 Å². The summed E-state index contributed by atoms with van der Waals surface area (Å²) in [6, 6.07) is 20.1. The Morgan fingerprint density at radius 3 is 2.34 bits per heavy atom. The van der Waals surface area contributed by atoms with Crippen LogP contribution in [0.2, 0.25) is 10.0 Å². The van der Waals surface area contributed by atoms with Crippen molar-refractivity contribution in [3.05, 3.63) is 92.8 Å². The van der Waals surface area contributed by atoms with Gasteiger partial charge in [-0.2, -0.15) is 0 Å². The summed E-state index contributed by atoms with van der Waals surface area (Å²) in [7, 11) is 1.99. The highest BCUT2D eigenvalue weighted by atomic mass is 35.5. The second-order valence-electron chi connectivity index (χ2n) is 8.77. The summed E-state index contributed by atoms with van der Waals surface area (Å²) >= 11 is 13.6. The van der Waals surface area contributed by atoms with Gasteiger partial charge in [0.25, 0.3) is 0 Å². The molecule has 3 aromatic carbocycles. The lowest BCUT2D eigenvalue weighted by Gasteiger charge is -2.26. The van der Waals surface area contributed by atoms with Gasteiger partial charge in [-0.05, 0) is 62.4 Å². The smallest absolute Gasteiger partial charge is 0.315 e. The van der Waals surface area contributed by atoms with Gasteiger partial charge < -0.3 is 15.0 Å². The number of esters is 1. The van der Waals surface area contributed by atoms with Gasteiger partial charge in [0.2, 0.25) is 0 Å². The van der Waals surface area contributed by atoms with Crippen LogP contribution in [0.3, 0.4) is 0 Å². The van der Waals surface area contributed by atoms with Crippen molar-refractivity contribution in [2.24, 2.45) is 4.58 Å². The number of nitrogens with one attached hydrogen (secondary N) is 1. The monoisotopic (exact) mass is 531 g/mol. The molecule has 35 heavy (non-hydrogen) atoms. The molecule has 3 rings (SSSR count). The normalized spacial score (nSPS) is 11.4. The molecule has 0 spiro atoms. The van der Waals surface area contributed by atoms with E-state index in [0.717, 1.165) is 28.8 Å². The van der Waals surface area contributed by atoms with Crippen molar-refractivity contribution in [3.8, 4) is 5.75 Å². The number of halogens is 2. The molecular formula is C26H27Cl2N3O3S. The van der Waals surface area contributed by atoms with E-state index in [4.69, 9.17) is 27.9 Å². The van der Waals surface area contributed by atoms with Crippen LogP contribution in [0, 0.1) is 4.91 Å². The minimum atomic E-state index is -0.380. The molecule has 0 heterocycles. The molecule has 184 valence electrons. The Bertz CT molecular complexity index is 1150. The second-order valence-corrected chi connectivity index (χ2v) is 11.0. The minimum Gasteiger partial charge on any atom is -0.426 e. The van der Waals surface area contributed by atoms with E-state index in [9.17, 15) is 9.70 Å². The van der Waals surface area contributed by atoms with Crippen LogP contribution in [0.25, 0.3) is 0 Å². The van der Waals surface area contributed by atoms with Gasteiger partial charge in [-0.25, -0.2) is 0 Å². The molecule has 3 aromatic rings. The first-order valence-corrected chi connectivity index (χ1v) is 12.5. The third-order valence-corrected chi connectivity index (χ3v) is 6.45.